The van der Waals surface area contributed by atoms with Gasteiger partial charge in [-0.3, -0.25) is 0 Å². The van der Waals surface area contributed by atoms with Gasteiger partial charge in [-0.1, -0.05) is 54.1 Å². The van der Waals surface area contributed by atoms with Gasteiger partial charge >= 0.3 is 22.4 Å². The number of benzene rings is 2. The number of carbonyl (C=O) groups excluding carboxylic acids is 1. The molecule has 188 valence electrons. The van der Waals surface area contributed by atoms with Gasteiger partial charge in [0.05, 0.1) is 11.6 Å². The SMILES string of the molecule is O=C(NS(=O)(=O)N1CCC(C(F)(F)F)CC1)N1CCC(c2ccccc2)C(c2ccc(Cl)cc2)=N1. The largest absolute Gasteiger partial charge is 0.391 e. The molecule has 0 aliphatic carbocycles. The Bertz CT molecular complexity index is 1180. The second kappa shape index (κ2) is 10.2. The Morgan fingerprint density at radius 2 is 1.60 bits per heavy atom. The van der Waals surface area contributed by atoms with Crippen molar-refractivity contribution in [3.63, 3.8) is 0 Å². The second-order valence-electron chi connectivity index (χ2n) is 8.49. The molecule has 2 aliphatic heterocycles. The molecule has 1 unspecified atom stereocenters. The van der Waals surface area contributed by atoms with Gasteiger partial charge in [0.15, 0.2) is 0 Å². The summed E-state index contributed by atoms with van der Waals surface area (Å²) in [5, 5.41) is 6.06. The molecule has 35 heavy (non-hydrogen) atoms. The van der Waals surface area contributed by atoms with E-state index in [2.05, 4.69) is 5.10 Å². The third kappa shape index (κ3) is 5.96. The molecule has 2 aromatic rings. The summed E-state index contributed by atoms with van der Waals surface area (Å²) in [4.78, 5) is 12.9. The molecule has 2 aromatic carbocycles. The summed E-state index contributed by atoms with van der Waals surface area (Å²) in [6, 6.07) is 15.6. The summed E-state index contributed by atoms with van der Waals surface area (Å²) in [6.07, 6.45) is -4.56. The molecule has 0 bridgehead atoms. The molecule has 0 aromatic heterocycles. The van der Waals surface area contributed by atoms with Crippen molar-refractivity contribution >= 4 is 33.6 Å². The van der Waals surface area contributed by atoms with Crippen LogP contribution in [0, 0.1) is 5.92 Å². The number of alkyl halides is 3. The predicted molar refractivity (Wildman–Crippen MR) is 126 cm³/mol. The topological polar surface area (TPSA) is 82.1 Å². The Balaban J connectivity index is 1.52. The highest BCUT2D eigenvalue weighted by atomic mass is 35.5. The van der Waals surface area contributed by atoms with E-state index in [9.17, 15) is 26.4 Å². The third-order valence-electron chi connectivity index (χ3n) is 6.24. The highest BCUT2D eigenvalue weighted by Crippen LogP contribution is 2.35. The van der Waals surface area contributed by atoms with E-state index in [1.165, 1.54) is 0 Å². The first kappa shape index (κ1) is 25.5. The molecule has 2 amide bonds. The number of amides is 2. The predicted octanol–water partition coefficient (Wildman–Crippen LogP) is 4.76. The number of carbonyl (C=O) groups is 1. The van der Waals surface area contributed by atoms with Crippen molar-refractivity contribution in [3.05, 3.63) is 70.7 Å². The Hall–Kier alpha value is -2.63. The summed E-state index contributed by atoms with van der Waals surface area (Å²) in [5.41, 5.74) is 2.32. The minimum absolute atomic E-state index is 0.126. The van der Waals surface area contributed by atoms with Gasteiger partial charge in [0, 0.05) is 30.6 Å². The van der Waals surface area contributed by atoms with Crippen LogP contribution in [0.2, 0.25) is 5.02 Å². The zero-order valence-corrected chi connectivity index (χ0v) is 20.2. The summed E-state index contributed by atoms with van der Waals surface area (Å²) in [6.45, 7) is -0.474. The minimum Gasteiger partial charge on any atom is -0.245 e. The Labute approximate surface area is 206 Å². The normalized spacial score (nSPS) is 20.4. The smallest absolute Gasteiger partial charge is 0.245 e. The molecule has 12 heteroatoms. The van der Waals surface area contributed by atoms with Gasteiger partial charge < -0.3 is 0 Å². The van der Waals surface area contributed by atoms with Crippen LogP contribution < -0.4 is 4.72 Å². The molecule has 1 atom stereocenters. The van der Waals surface area contributed by atoms with E-state index >= 15 is 0 Å². The number of hydrazone groups is 1. The number of rotatable bonds is 4. The summed E-state index contributed by atoms with van der Waals surface area (Å²) in [7, 11) is -4.32. The number of hydrogen-bond acceptors (Lipinski definition) is 4. The van der Waals surface area contributed by atoms with Crippen molar-refractivity contribution < 1.29 is 26.4 Å². The Morgan fingerprint density at radius 1 is 0.971 bits per heavy atom. The first-order valence-corrected chi connectivity index (χ1v) is 12.9. The van der Waals surface area contributed by atoms with Gasteiger partial charge in [0.25, 0.3) is 0 Å². The van der Waals surface area contributed by atoms with E-state index in [4.69, 9.17) is 11.6 Å². The van der Waals surface area contributed by atoms with E-state index in [0.717, 1.165) is 20.4 Å². The van der Waals surface area contributed by atoms with Crippen LogP contribution in [0.5, 0.6) is 0 Å². The van der Waals surface area contributed by atoms with Crippen LogP contribution in [0.1, 0.15) is 36.3 Å². The molecule has 2 heterocycles. The highest BCUT2D eigenvalue weighted by molar-refractivity contribution is 7.87. The van der Waals surface area contributed by atoms with Gasteiger partial charge in [-0.05, 0) is 42.5 Å². The molecule has 1 fully saturated rings. The van der Waals surface area contributed by atoms with Gasteiger partial charge in [-0.25, -0.2) is 14.5 Å². The standard InChI is InChI=1S/C23H24ClF3N4O3S/c24-19-8-6-17(7-9-19)21-20(16-4-2-1-3-5-16)12-15-31(28-21)22(32)29-35(33,34)30-13-10-18(11-14-30)23(25,26)27/h1-9,18,20H,10-15H2,(H,29,32). The van der Waals surface area contributed by atoms with Crippen LogP contribution in [-0.2, 0) is 10.2 Å². The second-order valence-corrected chi connectivity index (χ2v) is 10.6. The van der Waals surface area contributed by atoms with Crippen molar-refractivity contribution in [2.75, 3.05) is 19.6 Å². The van der Waals surface area contributed by atoms with Gasteiger partial charge in [0.2, 0.25) is 0 Å². The maximum atomic E-state index is 12.9. The molecular formula is C23H24ClF3N4O3S. The summed E-state index contributed by atoms with van der Waals surface area (Å²) < 4.78 is 66.9. The number of nitrogens with zero attached hydrogens (tertiary/aromatic N) is 3. The minimum atomic E-state index is -4.37. The molecule has 1 saturated heterocycles. The monoisotopic (exact) mass is 528 g/mol. The third-order valence-corrected chi connectivity index (χ3v) is 7.97. The first-order chi connectivity index (χ1) is 16.5. The maximum Gasteiger partial charge on any atom is 0.391 e. The van der Waals surface area contributed by atoms with E-state index in [1.54, 1.807) is 24.3 Å². The molecule has 7 nitrogen and oxygen atoms in total. The molecule has 2 aliphatic rings. The molecule has 0 radical (unpaired) electrons. The summed E-state index contributed by atoms with van der Waals surface area (Å²) in [5.74, 6) is -1.67. The lowest BCUT2D eigenvalue weighted by Gasteiger charge is -2.33. The van der Waals surface area contributed by atoms with Crippen LogP contribution in [-0.4, -0.2) is 55.3 Å². The molecular weight excluding hydrogens is 505 g/mol. The Morgan fingerprint density at radius 3 is 2.20 bits per heavy atom. The van der Waals surface area contributed by atoms with E-state index in [0.29, 0.717) is 17.2 Å². The number of nitrogens with one attached hydrogen (secondary N) is 1. The van der Waals surface area contributed by atoms with Gasteiger partial charge in [-0.2, -0.15) is 31.0 Å². The number of hydrogen-bond donors (Lipinski definition) is 1. The Kier molecular flexibility index (Phi) is 7.39. The lowest BCUT2D eigenvalue weighted by molar-refractivity contribution is -0.182. The molecule has 0 saturated carbocycles. The van der Waals surface area contributed by atoms with Gasteiger partial charge in [-0.15, -0.1) is 0 Å². The van der Waals surface area contributed by atoms with Gasteiger partial charge in [0.1, 0.15) is 0 Å². The lowest BCUT2D eigenvalue weighted by Crippen LogP contribution is -2.51. The average Bonchev–Trinajstić information content (AvgIpc) is 2.84. The fourth-order valence-electron chi connectivity index (χ4n) is 4.33. The first-order valence-electron chi connectivity index (χ1n) is 11.1. The van der Waals surface area contributed by atoms with Crippen molar-refractivity contribution in [3.8, 4) is 0 Å². The van der Waals surface area contributed by atoms with E-state index < -0.39 is 28.3 Å². The van der Waals surface area contributed by atoms with Crippen molar-refractivity contribution in [1.29, 1.82) is 0 Å². The lowest BCUT2D eigenvalue weighted by atomic mass is 9.86. The zero-order valence-electron chi connectivity index (χ0n) is 18.6. The fraction of sp³-hybridized carbons (Fsp3) is 0.391. The molecule has 1 N–H and O–H groups in total. The molecule has 0 spiro atoms. The van der Waals surface area contributed by atoms with E-state index in [1.807, 2.05) is 35.1 Å². The number of urea groups is 1. The fourth-order valence-corrected chi connectivity index (χ4v) is 5.60. The highest BCUT2D eigenvalue weighted by Gasteiger charge is 2.43. The van der Waals surface area contributed by atoms with Crippen LogP contribution in [0.4, 0.5) is 18.0 Å². The van der Waals surface area contributed by atoms with Crippen LogP contribution in [0.15, 0.2) is 59.7 Å². The van der Waals surface area contributed by atoms with Crippen LogP contribution in [0.3, 0.4) is 0 Å². The average molecular weight is 529 g/mol. The van der Waals surface area contributed by atoms with Crippen LogP contribution >= 0.6 is 11.6 Å². The summed E-state index contributed by atoms with van der Waals surface area (Å²) >= 11 is 6.02. The number of piperidine rings is 1. The molecule has 4 rings (SSSR count). The van der Waals surface area contributed by atoms with Crippen molar-refractivity contribution in [2.45, 2.75) is 31.4 Å². The maximum absolute atomic E-state index is 12.9. The quantitative estimate of drug-likeness (QED) is 0.621. The van der Waals surface area contributed by atoms with Crippen molar-refractivity contribution in [1.82, 2.24) is 14.0 Å². The zero-order chi connectivity index (χ0) is 25.2. The van der Waals surface area contributed by atoms with E-state index in [-0.39, 0.29) is 38.4 Å². The number of halogens is 4. The van der Waals surface area contributed by atoms with Crippen molar-refractivity contribution in [2.24, 2.45) is 11.0 Å². The van der Waals surface area contributed by atoms with Crippen LogP contribution in [0.25, 0.3) is 0 Å².